The van der Waals surface area contributed by atoms with E-state index in [1.165, 1.54) is 4.70 Å². The number of piperidine rings is 1. The fourth-order valence-electron chi connectivity index (χ4n) is 5.31. The molecule has 0 bridgehead atoms. The number of carbonyl (C=O) groups is 4. The van der Waals surface area contributed by atoms with Crippen molar-refractivity contribution in [2.75, 3.05) is 19.6 Å². The summed E-state index contributed by atoms with van der Waals surface area (Å²) in [4.78, 5) is 59.4. The standard InChI is InChI=1S/C24H28N4O4S/c1-15-6-2-4-8-18(15)28-23(31)22(30)27(24(28)32)14-20(29)26-12-10-16(11-13-26)21-25-17-7-3-5-9-19(17)33-21/h3,5,7,9,15-16,18H,2,4,6,8,10-14H2,1H3/t15-,18+/m0/s1. The Morgan fingerprint density at radius 1 is 1.03 bits per heavy atom. The van der Waals surface area contributed by atoms with Gasteiger partial charge in [-0.1, -0.05) is 31.9 Å². The van der Waals surface area contributed by atoms with E-state index in [2.05, 4.69) is 6.07 Å². The van der Waals surface area contributed by atoms with Crippen LogP contribution in [0.3, 0.4) is 0 Å². The first-order valence-electron chi connectivity index (χ1n) is 11.8. The third-order valence-electron chi connectivity index (χ3n) is 7.28. The van der Waals surface area contributed by atoms with E-state index in [1.54, 1.807) is 16.2 Å². The number of fused-ring (bicyclic) bond motifs is 1. The molecule has 174 valence electrons. The van der Waals surface area contributed by atoms with Crippen LogP contribution in [-0.4, -0.2) is 69.1 Å². The number of benzene rings is 1. The summed E-state index contributed by atoms with van der Waals surface area (Å²) in [5.41, 5.74) is 1.00. The van der Waals surface area contributed by atoms with Crippen molar-refractivity contribution in [2.24, 2.45) is 5.92 Å². The Bertz CT molecular complexity index is 1070. The predicted molar refractivity (Wildman–Crippen MR) is 124 cm³/mol. The van der Waals surface area contributed by atoms with Crippen molar-refractivity contribution in [3.05, 3.63) is 29.3 Å². The summed E-state index contributed by atoms with van der Waals surface area (Å²) in [6.45, 7) is 2.74. The number of thiazole rings is 1. The lowest BCUT2D eigenvalue weighted by molar-refractivity contribution is -0.146. The van der Waals surface area contributed by atoms with E-state index in [9.17, 15) is 19.2 Å². The molecule has 3 aliphatic rings. The zero-order valence-electron chi connectivity index (χ0n) is 18.7. The second kappa shape index (κ2) is 8.85. The summed E-state index contributed by atoms with van der Waals surface area (Å²) >= 11 is 1.70. The number of rotatable bonds is 4. The molecule has 5 rings (SSSR count). The Kier molecular flexibility index (Phi) is 5.90. The maximum Gasteiger partial charge on any atom is 0.334 e. The summed E-state index contributed by atoms with van der Waals surface area (Å²) in [7, 11) is 0. The minimum atomic E-state index is -0.879. The first-order chi connectivity index (χ1) is 15.9. The molecule has 3 fully saturated rings. The molecule has 1 aromatic heterocycles. The van der Waals surface area contributed by atoms with Crippen LogP contribution in [0.2, 0.25) is 0 Å². The van der Waals surface area contributed by atoms with E-state index in [4.69, 9.17) is 4.98 Å². The fourth-order valence-corrected chi connectivity index (χ4v) is 6.45. The van der Waals surface area contributed by atoms with Crippen LogP contribution in [0.5, 0.6) is 0 Å². The van der Waals surface area contributed by atoms with Gasteiger partial charge in [0, 0.05) is 25.0 Å². The van der Waals surface area contributed by atoms with Crippen molar-refractivity contribution in [1.29, 1.82) is 0 Å². The van der Waals surface area contributed by atoms with Crippen LogP contribution in [0.1, 0.15) is 56.4 Å². The number of likely N-dealkylation sites (tertiary alicyclic amines) is 1. The normalized spacial score (nSPS) is 24.9. The van der Waals surface area contributed by atoms with Crippen LogP contribution in [-0.2, 0) is 14.4 Å². The average Bonchev–Trinajstić information content (AvgIpc) is 3.35. The van der Waals surface area contributed by atoms with Crippen LogP contribution in [0, 0.1) is 5.92 Å². The molecule has 1 saturated carbocycles. The Labute approximate surface area is 196 Å². The molecule has 2 aromatic rings. The van der Waals surface area contributed by atoms with Crippen LogP contribution < -0.4 is 0 Å². The molecule has 8 nitrogen and oxygen atoms in total. The lowest BCUT2D eigenvalue weighted by atomic mass is 9.85. The van der Waals surface area contributed by atoms with Gasteiger partial charge >= 0.3 is 17.8 Å². The van der Waals surface area contributed by atoms with Crippen molar-refractivity contribution in [2.45, 2.75) is 57.4 Å². The third-order valence-corrected chi connectivity index (χ3v) is 8.48. The number of aromatic nitrogens is 1. The number of urea groups is 1. The average molecular weight is 469 g/mol. The van der Waals surface area contributed by atoms with Gasteiger partial charge in [0.1, 0.15) is 6.54 Å². The third kappa shape index (κ3) is 4.03. The van der Waals surface area contributed by atoms with Crippen LogP contribution >= 0.6 is 11.3 Å². The van der Waals surface area contributed by atoms with Gasteiger partial charge in [0.25, 0.3) is 0 Å². The molecule has 2 saturated heterocycles. The number of para-hydroxylation sites is 1. The molecule has 5 amide bonds. The zero-order valence-corrected chi connectivity index (χ0v) is 19.6. The predicted octanol–water partition coefficient (Wildman–Crippen LogP) is 3.37. The highest BCUT2D eigenvalue weighted by Gasteiger charge is 2.49. The summed E-state index contributed by atoms with van der Waals surface area (Å²) in [6.07, 6.45) is 5.22. The molecule has 9 heteroatoms. The molecule has 1 aromatic carbocycles. The Morgan fingerprint density at radius 2 is 1.76 bits per heavy atom. The summed E-state index contributed by atoms with van der Waals surface area (Å²) < 4.78 is 1.17. The van der Waals surface area contributed by atoms with E-state index < -0.39 is 17.8 Å². The van der Waals surface area contributed by atoms with Crippen LogP contribution in [0.4, 0.5) is 4.79 Å². The molecule has 33 heavy (non-hydrogen) atoms. The van der Waals surface area contributed by atoms with Gasteiger partial charge in [0.15, 0.2) is 0 Å². The molecule has 1 aliphatic carbocycles. The van der Waals surface area contributed by atoms with Crippen LogP contribution in [0.15, 0.2) is 24.3 Å². The summed E-state index contributed by atoms with van der Waals surface area (Å²) in [5.74, 6) is -1.50. The maximum absolute atomic E-state index is 12.9. The molecule has 0 unspecified atom stereocenters. The first-order valence-corrected chi connectivity index (χ1v) is 12.6. The first kappa shape index (κ1) is 22.0. The second-order valence-corrected chi connectivity index (χ2v) is 10.4. The molecular formula is C24H28N4O4S. The van der Waals surface area contributed by atoms with E-state index in [0.29, 0.717) is 25.4 Å². The highest BCUT2D eigenvalue weighted by Crippen LogP contribution is 2.34. The Hall–Kier alpha value is -2.81. The topological polar surface area (TPSA) is 90.9 Å². The quantitative estimate of drug-likeness (QED) is 0.507. The molecule has 2 atom stereocenters. The Balaban J connectivity index is 1.20. The number of hydrogen-bond acceptors (Lipinski definition) is 6. The molecule has 0 radical (unpaired) electrons. The minimum absolute atomic E-state index is 0.164. The number of hydrogen-bond donors (Lipinski definition) is 0. The van der Waals surface area contributed by atoms with Crippen molar-refractivity contribution in [3.8, 4) is 0 Å². The summed E-state index contributed by atoms with van der Waals surface area (Å²) in [6, 6.07) is 7.17. The second-order valence-electron chi connectivity index (χ2n) is 9.35. The van der Waals surface area contributed by atoms with Gasteiger partial charge in [-0.05, 0) is 43.7 Å². The van der Waals surface area contributed by atoms with Crippen molar-refractivity contribution in [3.63, 3.8) is 0 Å². The van der Waals surface area contributed by atoms with Gasteiger partial charge in [0.2, 0.25) is 5.91 Å². The molecule has 3 heterocycles. The fraction of sp³-hybridized carbons (Fsp3) is 0.542. The molecule has 0 spiro atoms. The van der Waals surface area contributed by atoms with Gasteiger partial charge in [-0.15, -0.1) is 11.3 Å². The highest BCUT2D eigenvalue weighted by molar-refractivity contribution is 7.18. The van der Waals surface area contributed by atoms with Gasteiger partial charge in [-0.25, -0.2) is 14.7 Å². The van der Waals surface area contributed by atoms with E-state index >= 15 is 0 Å². The van der Waals surface area contributed by atoms with Crippen LogP contribution in [0.25, 0.3) is 10.2 Å². The van der Waals surface area contributed by atoms with Gasteiger partial charge in [0.05, 0.1) is 15.2 Å². The van der Waals surface area contributed by atoms with E-state index in [0.717, 1.165) is 52.4 Å². The highest BCUT2D eigenvalue weighted by atomic mass is 32.1. The number of amides is 5. The SMILES string of the molecule is C[C@H]1CCCC[C@H]1N1C(=O)C(=O)N(CC(=O)N2CCC(c3nc4ccccc4s3)CC2)C1=O. The molecule has 0 N–H and O–H groups in total. The minimum Gasteiger partial charge on any atom is -0.341 e. The van der Waals surface area contributed by atoms with Crippen molar-refractivity contribution in [1.82, 2.24) is 19.7 Å². The zero-order chi connectivity index (χ0) is 23.1. The lowest BCUT2D eigenvalue weighted by Crippen LogP contribution is -2.48. The number of nitrogens with zero attached hydrogens (tertiary/aromatic N) is 4. The van der Waals surface area contributed by atoms with E-state index in [1.807, 2.05) is 25.1 Å². The Morgan fingerprint density at radius 3 is 2.48 bits per heavy atom. The lowest BCUT2D eigenvalue weighted by Gasteiger charge is -2.34. The van der Waals surface area contributed by atoms with Crippen molar-refractivity contribution >= 4 is 45.3 Å². The van der Waals surface area contributed by atoms with Gasteiger partial charge < -0.3 is 4.90 Å². The van der Waals surface area contributed by atoms with E-state index in [-0.39, 0.29) is 24.4 Å². The number of carbonyl (C=O) groups excluding carboxylic acids is 4. The largest absolute Gasteiger partial charge is 0.341 e. The molecular weight excluding hydrogens is 440 g/mol. The monoisotopic (exact) mass is 468 g/mol. The smallest absolute Gasteiger partial charge is 0.334 e. The van der Waals surface area contributed by atoms with Gasteiger partial charge in [-0.3, -0.25) is 19.3 Å². The van der Waals surface area contributed by atoms with Gasteiger partial charge in [-0.2, -0.15) is 0 Å². The maximum atomic E-state index is 12.9. The summed E-state index contributed by atoms with van der Waals surface area (Å²) in [5, 5.41) is 1.09. The van der Waals surface area contributed by atoms with Crippen molar-refractivity contribution < 1.29 is 19.2 Å². The number of imide groups is 2. The molecule has 2 aliphatic heterocycles.